The van der Waals surface area contributed by atoms with Crippen LogP contribution in [0.1, 0.15) is 37.4 Å². The molecule has 2 amide bonds. The van der Waals surface area contributed by atoms with E-state index in [1.54, 1.807) is 6.20 Å². The minimum absolute atomic E-state index is 0.0348. The topological polar surface area (TPSA) is 79.5 Å². The number of carbonyl (C=O) groups is 2. The Morgan fingerprint density at radius 1 is 1.22 bits per heavy atom. The molecule has 2 aliphatic heterocycles. The van der Waals surface area contributed by atoms with E-state index in [-0.39, 0.29) is 30.3 Å². The first-order valence-electron chi connectivity index (χ1n) is 8.37. The fourth-order valence-electron chi connectivity index (χ4n) is 3.77. The third kappa shape index (κ3) is 3.69. The van der Waals surface area contributed by atoms with Gasteiger partial charge in [0.2, 0.25) is 11.8 Å². The zero-order valence-electron chi connectivity index (χ0n) is 13.4. The van der Waals surface area contributed by atoms with Gasteiger partial charge in [0.1, 0.15) is 0 Å². The summed E-state index contributed by atoms with van der Waals surface area (Å²) in [5.41, 5.74) is 6.26. The van der Waals surface area contributed by atoms with E-state index in [2.05, 4.69) is 4.98 Å². The third-order valence-corrected chi connectivity index (χ3v) is 4.80. The van der Waals surface area contributed by atoms with E-state index in [0.29, 0.717) is 6.54 Å². The Morgan fingerprint density at radius 3 is 2.78 bits per heavy atom. The molecule has 3 heterocycles. The van der Waals surface area contributed by atoms with Gasteiger partial charge in [-0.15, -0.1) is 0 Å². The van der Waals surface area contributed by atoms with Crippen molar-refractivity contribution in [2.75, 3.05) is 26.2 Å². The van der Waals surface area contributed by atoms with Crippen molar-refractivity contribution < 1.29 is 9.59 Å². The summed E-state index contributed by atoms with van der Waals surface area (Å²) < 4.78 is 0. The van der Waals surface area contributed by atoms with Gasteiger partial charge in [0.15, 0.2) is 0 Å². The maximum atomic E-state index is 13.0. The van der Waals surface area contributed by atoms with Crippen molar-refractivity contribution in [1.82, 2.24) is 14.8 Å². The lowest BCUT2D eigenvalue weighted by atomic mass is 9.96. The number of nitrogens with zero attached hydrogens (tertiary/aromatic N) is 3. The highest BCUT2D eigenvalue weighted by Gasteiger charge is 2.36. The Kier molecular flexibility index (Phi) is 4.91. The average molecular weight is 316 g/mol. The lowest BCUT2D eigenvalue weighted by Gasteiger charge is -2.35. The van der Waals surface area contributed by atoms with Crippen LogP contribution in [0.2, 0.25) is 0 Å². The molecule has 0 aliphatic carbocycles. The Bertz CT molecular complexity index is 563. The van der Waals surface area contributed by atoms with E-state index in [0.717, 1.165) is 44.5 Å². The number of nitrogens with two attached hydrogens (primary N) is 1. The number of likely N-dealkylation sites (tertiary alicyclic amines) is 2. The van der Waals surface area contributed by atoms with Gasteiger partial charge >= 0.3 is 0 Å². The summed E-state index contributed by atoms with van der Waals surface area (Å²) in [6.45, 7) is 2.52. The molecule has 2 unspecified atom stereocenters. The number of primary amides is 1. The van der Waals surface area contributed by atoms with Crippen molar-refractivity contribution in [3.05, 3.63) is 30.1 Å². The molecule has 3 rings (SSSR count). The number of aromatic nitrogens is 1. The second-order valence-corrected chi connectivity index (χ2v) is 6.48. The molecule has 23 heavy (non-hydrogen) atoms. The van der Waals surface area contributed by atoms with Gasteiger partial charge in [-0.05, 0) is 44.4 Å². The van der Waals surface area contributed by atoms with Gasteiger partial charge in [0, 0.05) is 19.3 Å². The molecule has 0 aromatic carbocycles. The van der Waals surface area contributed by atoms with Gasteiger partial charge in [-0.2, -0.15) is 0 Å². The normalized spacial score (nSPS) is 25.5. The SMILES string of the molecule is NC(=O)CN1CCCC(C(=O)N2CCCC2c2ccccn2)C1. The van der Waals surface area contributed by atoms with Crippen molar-refractivity contribution in [1.29, 1.82) is 0 Å². The predicted octanol–water partition coefficient (Wildman–Crippen LogP) is 0.942. The Balaban J connectivity index is 1.68. The Hall–Kier alpha value is -1.95. The fourth-order valence-corrected chi connectivity index (χ4v) is 3.77. The zero-order chi connectivity index (χ0) is 16.2. The monoisotopic (exact) mass is 316 g/mol. The van der Waals surface area contributed by atoms with Crippen molar-refractivity contribution >= 4 is 11.8 Å². The Morgan fingerprint density at radius 2 is 2.04 bits per heavy atom. The standard InChI is InChI=1S/C17H24N4O2/c18-16(22)12-20-9-3-5-13(11-20)17(23)21-10-4-7-15(21)14-6-1-2-8-19-14/h1-2,6,8,13,15H,3-5,7,9-12H2,(H2,18,22). The molecule has 0 radical (unpaired) electrons. The highest BCUT2D eigenvalue weighted by atomic mass is 16.2. The minimum atomic E-state index is -0.328. The van der Waals surface area contributed by atoms with E-state index in [1.807, 2.05) is 28.0 Å². The van der Waals surface area contributed by atoms with Gasteiger partial charge in [-0.1, -0.05) is 6.07 Å². The number of hydrogen-bond donors (Lipinski definition) is 1. The van der Waals surface area contributed by atoms with Crippen molar-refractivity contribution in [2.24, 2.45) is 11.7 Å². The smallest absolute Gasteiger partial charge is 0.231 e. The first-order valence-corrected chi connectivity index (χ1v) is 8.37. The van der Waals surface area contributed by atoms with Gasteiger partial charge in [0.25, 0.3) is 0 Å². The number of amides is 2. The Labute approximate surface area is 136 Å². The molecule has 0 spiro atoms. The molecular weight excluding hydrogens is 292 g/mol. The molecule has 1 aromatic heterocycles. The lowest BCUT2D eigenvalue weighted by Crippen LogP contribution is -2.46. The summed E-state index contributed by atoms with van der Waals surface area (Å²) >= 11 is 0. The summed E-state index contributed by atoms with van der Waals surface area (Å²) in [6, 6.07) is 5.96. The van der Waals surface area contributed by atoms with Crippen molar-refractivity contribution in [2.45, 2.75) is 31.7 Å². The third-order valence-electron chi connectivity index (χ3n) is 4.80. The van der Waals surface area contributed by atoms with Crippen LogP contribution in [0.5, 0.6) is 0 Å². The van der Waals surface area contributed by atoms with E-state index in [4.69, 9.17) is 5.73 Å². The summed E-state index contributed by atoms with van der Waals surface area (Å²) in [4.78, 5) is 32.5. The summed E-state index contributed by atoms with van der Waals surface area (Å²) in [7, 11) is 0. The summed E-state index contributed by atoms with van der Waals surface area (Å²) in [6.07, 6.45) is 5.60. The van der Waals surface area contributed by atoms with Crippen LogP contribution < -0.4 is 5.73 Å². The molecule has 2 fully saturated rings. The van der Waals surface area contributed by atoms with Crippen LogP contribution in [0.15, 0.2) is 24.4 Å². The van der Waals surface area contributed by atoms with Gasteiger partial charge < -0.3 is 10.6 Å². The molecule has 0 saturated carbocycles. The molecule has 2 aliphatic rings. The van der Waals surface area contributed by atoms with Gasteiger partial charge in [0.05, 0.1) is 24.2 Å². The van der Waals surface area contributed by atoms with Crippen LogP contribution in [0.25, 0.3) is 0 Å². The highest BCUT2D eigenvalue weighted by molar-refractivity contribution is 5.80. The number of carbonyl (C=O) groups excluding carboxylic acids is 2. The van der Waals surface area contributed by atoms with Crippen LogP contribution in [0.3, 0.4) is 0 Å². The maximum Gasteiger partial charge on any atom is 0.231 e. The summed E-state index contributed by atoms with van der Waals surface area (Å²) in [5, 5.41) is 0. The number of piperidine rings is 1. The van der Waals surface area contributed by atoms with Gasteiger partial charge in [-0.25, -0.2) is 0 Å². The lowest BCUT2D eigenvalue weighted by molar-refractivity contribution is -0.139. The summed E-state index contributed by atoms with van der Waals surface area (Å²) in [5.74, 6) is -0.162. The number of pyridine rings is 1. The quantitative estimate of drug-likeness (QED) is 0.896. The second kappa shape index (κ2) is 7.08. The molecule has 1 aromatic rings. The van der Waals surface area contributed by atoms with Crippen LogP contribution in [-0.2, 0) is 9.59 Å². The average Bonchev–Trinajstić information content (AvgIpc) is 3.04. The molecule has 2 N–H and O–H groups in total. The van der Waals surface area contributed by atoms with Crippen LogP contribution in [0.4, 0.5) is 0 Å². The van der Waals surface area contributed by atoms with Gasteiger partial charge in [-0.3, -0.25) is 19.5 Å². The molecule has 6 heteroatoms. The van der Waals surface area contributed by atoms with Crippen LogP contribution in [-0.4, -0.2) is 52.8 Å². The van der Waals surface area contributed by atoms with E-state index >= 15 is 0 Å². The zero-order valence-corrected chi connectivity index (χ0v) is 13.4. The predicted molar refractivity (Wildman–Crippen MR) is 86.3 cm³/mol. The molecule has 2 atom stereocenters. The van der Waals surface area contributed by atoms with E-state index in [9.17, 15) is 9.59 Å². The molecular formula is C17H24N4O2. The first-order chi connectivity index (χ1) is 11.1. The largest absolute Gasteiger partial charge is 0.369 e. The number of rotatable bonds is 4. The maximum absolute atomic E-state index is 13.0. The van der Waals surface area contributed by atoms with E-state index in [1.165, 1.54) is 0 Å². The van der Waals surface area contributed by atoms with Crippen molar-refractivity contribution in [3.8, 4) is 0 Å². The highest BCUT2D eigenvalue weighted by Crippen LogP contribution is 2.33. The fraction of sp³-hybridized carbons (Fsp3) is 0.588. The van der Waals surface area contributed by atoms with Crippen molar-refractivity contribution in [3.63, 3.8) is 0 Å². The van der Waals surface area contributed by atoms with Crippen LogP contribution >= 0.6 is 0 Å². The molecule has 6 nitrogen and oxygen atoms in total. The number of hydrogen-bond acceptors (Lipinski definition) is 4. The second-order valence-electron chi connectivity index (χ2n) is 6.48. The molecule has 124 valence electrons. The van der Waals surface area contributed by atoms with E-state index < -0.39 is 0 Å². The molecule has 2 saturated heterocycles. The minimum Gasteiger partial charge on any atom is -0.369 e. The molecule has 0 bridgehead atoms. The first kappa shape index (κ1) is 15.9. The van der Waals surface area contributed by atoms with Crippen LogP contribution in [0, 0.1) is 5.92 Å².